The third-order valence-electron chi connectivity index (χ3n) is 13.2. The van der Waals surface area contributed by atoms with Gasteiger partial charge in [0.25, 0.3) is 0 Å². The quantitative estimate of drug-likeness (QED) is 0.0871. The maximum Gasteiger partial charge on any atom is 0.407 e. The summed E-state index contributed by atoms with van der Waals surface area (Å²) in [6.45, 7) is 18.9. The number of allylic oxidation sites excluding steroid dienone is 1. The van der Waals surface area contributed by atoms with Crippen LogP contribution in [-0.2, 0) is 23.7 Å². The molecule has 0 bridgehead atoms. The van der Waals surface area contributed by atoms with Gasteiger partial charge in [-0.15, -0.1) is 0 Å². The van der Waals surface area contributed by atoms with Crippen LogP contribution in [0.25, 0.3) is 0 Å². The minimum Gasteiger partial charge on any atom is -0.446 e. The fourth-order valence-electron chi connectivity index (χ4n) is 10.3. The lowest BCUT2D eigenvalue weighted by Crippen LogP contribution is -2.51. The first kappa shape index (κ1) is 40.6. The summed E-state index contributed by atoms with van der Waals surface area (Å²) in [6.07, 6.45) is 17.3. The van der Waals surface area contributed by atoms with Crippen LogP contribution >= 0.6 is 0 Å². The summed E-state index contributed by atoms with van der Waals surface area (Å²) in [5.41, 5.74) is 2.35. The predicted molar refractivity (Wildman–Crippen MR) is 196 cm³/mol. The van der Waals surface area contributed by atoms with E-state index in [4.69, 9.17) is 23.7 Å². The van der Waals surface area contributed by atoms with E-state index in [0.717, 1.165) is 61.2 Å². The zero-order chi connectivity index (χ0) is 35.3. The number of aliphatic hydroxyl groups excluding tert-OH is 1. The number of ether oxygens (including phenoxy) is 5. The third-order valence-corrected chi connectivity index (χ3v) is 13.2. The first-order valence-corrected chi connectivity index (χ1v) is 20.2. The van der Waals surface area contributed by atoms with E-state index >= 15 is 0 Å². The molecule has 0 aromatic heterocycles. The van der Waals surface area contributed by atoms with E-state index in [-0.39, 0.29) is 17.6 Å². The average molecular weight is 692 g/mol. The number of aliphatic hydroxyl groups is 1. The molecular formula is C41H73NO7. The topological polar surface area (TPSA) is 95.5 Å². The van der Waals surface area contributed by atoms with E-state index in [1.54, 1.807) is 5.57 Å². The molecule has 9 atom stereocenters. The first-order valence-electron chi connectivity index (χ1n) is 20.2. The van der Waals surface area contributed by atoms with Gasteiger partial charge in [0.15, 0.2) is 0 Å². The molecule has 0 aliphatic heterocycles. The fourth-order valence-corrected chi connectivity index (χ4v) is 10.3. The average Bonchev–Trinajstić information content (AvgIpc) is 3.43. The largest absolute Gasteiger partial charge is 0.446 e. The van der Waals surface area contributed by atoms with Gasteiger partial charge >= 0.3 is 6.09 Å². The Hall–Kier alpha value is -1.19. The van der Waals surface area contributed by atoms with Gasteiger partial charge in [0, 0.05) is 19.6 Å². The van der Waals surface area contributed by atoms with Gasteiger partial charge in [-0.2, -0.15) is 0 Å². The van der Waals surface area contributed by atoms with Gasteiger partial charge in [-0.25, -0.2) is 4.79 Å². The van der Waals surface area contributed by atoms with Crippen LogP contribution < -0.4 is 5.32 Å². The van der Waals surface area contributed by atoms with E-state index in [1.165, 1.54) is 51.4 Å². The van der Waals surface area contributed by atoms with Crippen LogP contribution in [0.1, 0.15) is 125 Å². The van der Waals surface area contributed by atoms with Crippen molar-refractivity contribution in [3.63, 3.8) is 0 Å². The molecule has 3 saturated carbocycles. The Bertz CT molecular complexity index is 1000. The Kier molecular flexibility index (Phi) is 16.7. The SMILES string of the molecule is CCC(O)COCCOCCOCCOCCCNC(=O)O[C@H]1CC[C@@]2(C)C(=CCC3C4CCC([C@@H](C)CCCC(C)C)[C@@]4(C)CCC32)C1. The molecule has 1 amide bonds. The molecular weight excluding hydrogens is 618 g/mol. The van der Waals surface area contributed by atoms with Gasteiger partial charge in [0.05, 0.1) is 52.4 Å². The molecule has 4 rings (SSSR count). The fraction of sp³-hybridized carbons (Fsp3) is 0.927. The number of hydrogen-bond donors (Lipinski definition) is 2. The molecule has 0 heterocycles. The van der Waals surface area contributed by atoms with Crippen LogP contribution in [0.2, 0.25) is 0 Å². The van der Waals surface area contributed by atoms with Crippen molar-refractivity contribution in [3.05, 3.63) is 11.6 Å². The number of fused-ring (bicyclic) bond motifs is 5. The summed E-state index contributed by atoms with van der Waals surface area (Å²) < 4.78 is 27.9. The monoisotopic (exact) mass is 692 g/mol. The molecule has 4 aliphatic carbocycles. The Morgan fingerprint density at radius 3 is 2.27 bits per heavy atom. The lowest BCUT2D eigenvalue weighted by atomic mass is 9.47. The number of carbonyl (C=O) groups excluding carboxylic acids is 1. The van der Waals surface area contributed by atoms with Crippen LogP contribution in [0.15, 0.2) is 11.6 Å². The molecule has 4 aliphatic rings. The standard InChI is InChI=1S/C41H73NO7/c1-7-33(43)29-48-27-26-47-25-24-46-23-22-45-21-9-20-42-39(44)49-34-16-18-40(5)32(28-34)12-13-35-37-15-14-36(31(4)11-8-10-30(2)3)41(37,6)19-17-38(35)40/h12,30-31,33-38,43H,7-11,13-29H2,1-6H3,(H,42,44)/t31-,33?,34-,35?,36?,37?,38?,40-,41+/m0/s1. The van der Waals surface area contributed by atoms with E-state index in [9.17, 15) is 9.90 Å². The molecule has 2 N–H and O–H groups in total. The van der Waals surface area contributed by atoms with Crippen LogP contribution in [0, 0.1) is 46.3 Å². The number of hydrogen-bond acceptors (Lipinski definition) is 7. The Morgan fingerprint density at radius 2 is 1.57 bits per heavy atom. The van der Waals surface area contributed by atoms with Gasteiger partial charge in [-0.3, -0.25) is 0 Å². The highest BCUT2D eigenvalue weighted by Crippen LogP contribution is 2.67. The number of rotatable bonds is 22. The molecule has 0 saturated heterocycles. The lowest BCUT2D eigenvalue weighted by molar-refractivity contribution is -0.0581. The van der Waals surface area contributed by atoms with Crippen molar-refractivity contribution in [2.75, 3.05) is 59.4 Å². The predicted octanol–water partition coefficient (Wildman–Crippen LogP) is 8.35. The van der Waals surface area contributed by atoms with Gasteiger partial charge in [0.2, 0.25) is 0 Å². The molecule has 5 unspecified atom stereocenters. The van der Waals surface area contributed by atoms with Crippen molar-refractivity contribution in [1.82, 2.24) is 5.32 Å². The highest BCUT2D eigenvalue weighted by Gasteiger charge is 2.59. The molecule has 8 nitrogen and oxygen atoms in total. The summed E-state index contributed by atoms with van der Waals surface area (Å²) >= 11 is 0. The van der Waals surface area contributed by atoms with Crippen LogP contribution in [0.5, 0.6) is 0 Å². The maximum absolute atomic E-state index is 12.6. The summed E-state index contributed by atoms with van der Waals surface area (Å²) in [4.78, 5) is 12.6. The number of alkyl carbamates (subject to hydrolysis) is 1. The summed E-state index contributed by atoms with van der Waals surface area (Å²) in [5, 5.41) is 12.4. The summed E-state index contributed by atoms with van der Waals surface area (Å²) in [5.74, 6) is 5.05. The first-order chi connectivity index (χ1) is 23.6. The lowest BCUT2D eigenvalue weighted by Gasteiger charge is -2.58. The molecule has 8 heteroatoms. The highest BCUT2D eigenvalue weighted by atomic mass is 16.6. The third kappa shape index (κ3) is 11.4. The Morgan fingerprint density at radius 1 is 0.878 bits per heavy atom. The Labute approximate surface area is 299 Å². The van der Waals surface area contributed by atoms with Crippen molar-refractivity contribution in [2.45, 2.75) is 137 Å². The van der Waals surface area contributed by atoms with E-state index in [1.807, 2.05) is 6.92 Å². The van der Waals surface area contributed by atoms with E-state index in [2.05, 4.69) is 46.0 Å². The van der Waals surface area contributed by atoms with Gasteiger partial charge in [0.1, 0.15) is 6.10 Å². The summed E-state index contributed by atoms with van der Waals surface area (Å²) in [7, 11) is 0. The number of nitrogens with one attached hydrogen (secondary N) is 1. The maximum atomic E-state index is 12.6. The molecule has 284 valence electrons. The molecule has 3 fully saturated rings. The summed E-state index contributed by atoms with van der Waals surface area (Å²) in [6, 6.07) is 0. The zero-order valence-electron chi connectivity index (χ0n) is 32.1. The second-order valence-corrected chi connectivity index (χ2v) is 16.8. The van der Waals surface area contributed by atoms with Crippen molar-refractivity contribution in [3.8, 4) is 0 Å². The van der Waals surface area contributed by atoms with Crippen molar-refractivity contribution >= 4 is 6.09 Å². The van der Waals surface area contributed by atoms with Gasteiger partial charge < -0.3 is 34.1 Å². The van der Waals surface area contributed by atoms with Gasteiger partial charge in [-0.05, 0) is 104 Å². The molecule has 0 aromatic carbocycles. The van der Waals surface area contributed by atoms with Crippen LogP contribution in [-0.4, -0.2) is 82.8 Å². The van der Waals surface area contributed by atoms with Crippen molar-refractivity contribution in [2.24, 2.45) is 46.3 Å². The van der Waals surface area contributed by atoms with Crippen LogP contribution in [0.3, 0.4) is 0 Å². The molecule has 0 aromatic rings. The smallest absolute Gasteiger partial charge is 0.407 e. The van der Waals surface area contributed by atoms with Crippen molar-refractivity contribution < 1.29 is 33.6 Å². The molecule has 49 heavy (non-hydrogen) atoms. The second-order valence-electron chi connectivity index (χ2n) is 16.8. The number of amides is 1. The minimum absolute atomic E-state index is 0.0221. The van der Waals surface area contributed by atoms with E-state index in [0.29, 0.717) is 71.2 Å². The van der Waals surface area contributed by atoms with E-state index < -0.39 is 6.10 Å². The molecule has 0 spiro atoms. The zero-order valence-corrected chi connectivity index (χ0v) is 32.1. The highest BCUT2D eigenvalue weighted by molar-refractivity contribution is 5.67. The normalized spacial score (nSPS) is 32.2. The number of carbonyl (C=O) groups is 1. The Balaban J connectivity index is 1.07. The van der Waals surface area contributed by atoms with Gasteiger partial charge in [-0.1, -0.05) is 72.5 Å². The van der Waals surface area contributed by atoms with Crippen molar-refractivity contribution in [1.29, 1.82) is 0 Å². The minimum atomic E-state index is -0.401. The van der Waals surface area contributed by atoms with Crippen LogP contribution in [0.4, 0.5) is 4.79 Å². The second kappa shape index (κ2) is 20.2. The molecule has 0 radical (unpaired) electrons.